The summed E-state index contributed by atoms with van der Waals surface area (Å²) in [6.07, 6.45) is 0. The summed E-state index contributed by atoms with van der Waals surface area (Å²) < 4.78 is 6.33. The number of hydrogen-bond donors (Lipinski definition) is 0. The van der Waals surface area contributed by atoms with Gasteiger partial charge in [0, 0.05) is 21.7 Å². The second kappa shape index (κ2) is 5.78. The van der Waals surface area contributed by atoms with Gasteiger partial charge in [-0.3, -0.25) is 0 Å². The van der Waals surface area contributed by atoms with Gasteiger partial charge in [0.15, 0.2) is 0 Å². The van der Waals surface area contributed by atoms with Crippen molar-refractivity contribution in [2.75, 3.05) is 0 Å². The molecular formula is C24H13ClN2O. The summed E-state index contributed by atoms with van der Waals surface area (Å²) in [7, 11) is 0. The first-order valence-corrected chi connectivity index (χ1v) is 9.43. The van der Waals surface area contributed by atoms with E-state index in [1.54, 1.807) is 0 Å². The Balaban J connectivity index is 1.78. The Morgan fingerprint density at radius 2 is 1.46 bits per heavy atom. The Morgan fingerprint density at radius 1 is 0.679 bits per heavy atom. The number of rotatable bonds is 1. The zero-order valence-electron chi connectivity index (χ0n) is 14.7. The Labute approximate surface area is 165 Å². The molecule has 0 aliphatic rings. The zero-order valence-corrected chi connectivity index (χ0v) is 15.4. The lowest BCUT2D eigenvalue weighted by molar-refractivity contribution is 0.670. The lowest BCUT2D eigenvalue weighted by Gasteiger charge is -2.07. The highest BCUT2D eigenvalue weighted by molar-refractivity contribution is 6.29. The van der Waals surface area contributed by atoms with Crippen molar-refractivity contribution in [3.05, 3.63) is 84.1 Å². The molecule has 0 saturated carbocycles. The van der Waals surface area contributed by atoms with Crippen molar-refractivity contribution < 1.29 is 4.42 Å². The van der Waals surface area contributed by atoms with E-state index in [4.69, 9.17) is 16.0 Å². The van der Waals surface area contributed by atoms with Gasteiger partial charge < -0.3 is 4.42 Å². The van der Waals surface area contributed by atoms with E-state index in [2.05, 4.69) is 46.4 Å². The van der Waals surface area contributed by atoms with Crippen molar-refractivity contribution in [1.29, 1.82) is 0 Å². The van der Waals surface area contributed by atoms with E-state index in [0.717, 1.165) is 44.1 Å². The van der Waals surface area contributed by atoms with E-state index in [9.17, 15) is 0 Å². The molecule has 4 aromatic carbocycles. The van der Waals surface area contributed by atoms with Gasteiger partial charge in [-0.25, -0.2) is 9.97 Å². The Bertz CT molecular complexity index is 1530. The number of fused-ring (bicyclic) bond motifs is 6. The summed E-state index contributed by atoms with van der Waals surface area (Å²) in [6.45, 7) is 0. The fourth-order valence-corrected chi connectivity index (χ4v) is 4.18. The fraction of sp³-hybridized carbons (Fsp3) is 0. The molecule has 132 valence electrons. The Kier molecular flexibility index (Phi) is 3.22. The Morgan fingerprint density at radius 3 is 2.39 bits per heavy atom. The minimum atomic E-state index is 0.229. The van der Waals surface area contributed by atoms with Crippen LogP contribution in [-0.2, 0) is 0 Å². The molecule has 0 aliphatic heterocycles. The van der Waals surface area contributed by atoms with Crippen LogP contribution in [0.4, 0.5) is 0 Å². The molecule has 0 spiro atoms. The first-order valence-electron chi connectivity index (χ1n) is 9.05. The molecule has 0 aliphatic carbocycles. The maximum atomic E-state index is 6.33. The van der Waals surface area contributed by atoms with Gasteiger partial charge in [0.05, 0.1) is 11.2 Å². The first-order chi connectivity index (χ1) is 13.8. The lowest BCUT2D eigenvalue weighted by Crippen LogP contribution is -1.91. The normalized spacial score (nSPS) is 11.8. The average molecular weight is 381 g/mol. The molecule has 0 bridgehead atoms. The smallest absolute Gasteiger partial charge is 0.223 e. The van der Waals surface area contributed by atoms with Crippen LogP contribution in [0.1, 0.15) is 0 Å². The van der Waals surface area contributed by atoms with Crippen molar-refractivity contribution in [1.82, 2.24) is 9.97 Å². The molecule has 4 heteroatoms. The molecule has 0 unspecified atom stereocenters. The quantitative estimate of drug-likeness (QED) is 0.288. The molecular weight excluding hydrogens is 368 g/mol. The van der Waals surface area contributed by atoms with Crippen molar-refractivity contribution in [2.45, 2.75) is 0 Å². The van der Waals surface area contributed by atoms with E-state index in [1.807, 2.05) is 42.5 Å². The van der Waals surface area contributed by atoms with Gasteiger partial charge in [-0.2, -0.15) is 0 Å². The maximum Gasteiger partial charge on any atom is 0.223 e. The molecule has 0 fully saturated rings. The molecule has 0 amide bonds. The van der Waals surface area contributed by atoms with E-state index in [-0.39, 0.29) is 5.28 Å². The van der Waals surface area contributed by atoms with Gasteiger partial charge in [0.2, 0.25) is 5.28 Å². The maximum absolute atomic E-state index is 6.33. The third-order valence-electron chi connectivity index (χ3n) is 5.22. The highest BCUT2D eigenvalue weighted by atomic mass is 35.5. The van der Waals surface area contributed by atoms with Crippen LogP contribution in [0.3, 0.4) is 0 Å². The number of benzene rings is 4. The third-order valence-corrected chi connectivity index (χ3v) is 5.39. The first kappa shape index (κ1) is 15.6. The second-order valence-corrected chi connectivity index (χ2v) is 7.14. The largest absolute Gasteiger partial charge is 0.455 e. The summed E-state index contributed by atoms with van der Waals surface area (Å²) in [4.78, 5) is 8.90. The van der Waals surface area contributed by atoms with Crippen molar-refractivity contribution in [2.24, 2.45) is 0 Å². The van der Waals surface area contributed by atoms with Crippen LogP contribution in [0.25, 0.3) is 54.9 Å². The summed E-state index contributed by atoms with van der Waals surface area (Å²) in [5, 5.41) is 5.75. The minimum Gasteiger partial charge on any atom is -0.455 e. The van der Waals surface area contributed by atoms with Gasteiger partial charge in [0.1, 0.15) is 11.2 Å². The van der Waals surface area contributed by atoms with E-state index in [0.29, 0.717) is 0 Å². The van der Waals surface area contributed by atoms with E-state index < -0.39 is 0 Å². The SMILES string of the molecule is Clc1nc(-c2cccc3c2oc2ccc4ccccc4c23)c2ccccc2n1. The highest BCUT2D eigenvalue weighted by Gasteiger charge is 2.17. The fourth-order valence-electron chi connectivity index (χ4n) is 4.01. The van der Waals surface area contributed by atoms with Gasteiger partial charge in [-0.15, -0.1) is 0 Å². The minimum absolute atomic E-state index is 0.229. The van der Waals surface area contributed by atoms with Crippen LogP contribution in [0.5, 0.6) is 0 Å². The molecule has 2 aromatic heterocycles. The molecule has 2 heterocycles. The standard InChI is InChI=1S/C24H13ClN2O/c25-24-26-19-11-4-3-8-16(19)22(27-24)18-10-5-9-17-21-15-7-2-1-6-14(15)12-13-20(21)28-23(17)18/h1-13H. The molecule has 3 nitrogen and oxygen atoms in total. The molecule has 6 rings (SSSR count). The lowest BCUT2D eigenvalue weighted by atomic mass is 10.0. The summed E-state index contributed by atoms with van der Waals surface area (Å²) in [5.74, 6) is 0. The van der Waals surface area contributed by atoms with E-state index >= 15 is 0 Å². The Hall–Kier alpha value is -3.43. The van der Waals surface area contributed by atoms with Crippen LogP contribution in [0, 0.1) is 0 Å². The second-order valence-electron chi connectivity index (χ2n) is 6.80. The summed E-state index contributed by atoms with van der Waals surface area (Å²) in [5.41, 5.74) is 4.19. The predicted molar refractivity (Wildman–Crippen MR) is 115 cm³/mol. The van der Waals surface area contributed by atoms with Crippen molar-refractivity contribution >= 4 is 55.2 Å². The van der Waals surface area contributed by atoms with Gasteiger partial charge in [-0.05, 0) is 40.6 Å². The predicted octanol–water partition coefficient (Wildman–Crippen LogP) is 7.00. The summed E-state index contributed by atoms with van der Waals surface area (Å²) >= 11 is 6.23. The molecule has 0 saturated heterocycles. The summed E-state index contributed by atoms with van der Waals surface area (Å²) in [6, 6.07) is 26.5. The van der Waals surface area contributed by atoms with Crippen LogP contribution in [-0.4, -0.2) is 9.97 Å². The number of hydrogen-bond acceptors (Lipinski definition) is 3. The van der Waals surface area contributed by atoms with Crippen molar-refractivity contribution in [3.63, 3.8) is 0 Å². The van der Waals surface area contributed by atoms with Crippen LogP contribution < -0.4 is 0 Å². The number of furan rings is 1. The van der Waals surface area contributed by atoms with E-state index in [1.165, 1.54) is 10.8 Å². The monoisotopic (exact) mass is 380 g/mol. The van der Waals surface area contributed by atoms with Gasteiger partial charge >= 0.3 is 0 Å². The molecule has 0 radical (unpaired) electrons. The van der Waals surface area contributed by atoms with Crippen LogP contribution >= 0.6 is 11.6 Å². The molecule has 6 aromatic rings. The zero-order chi connectivity index (χ0) is 18.7. The molecule has 28 heavy (non-hydrogen) atoms. The average Bonchev–Trinajstić information content (AvgIpc) is 3.12. The molecule has 0 N–H and O–H groups in total. The van der Waals surface area contributed by atoms with Gasteiger partial charge in [-0.1, -0.05) is 60.7 Å². The topological polar surface area (TPSA) is 38.9 Å². The highest BCUT2D eigenvalue weighted by Crippen LogP contribution is 2.40. The van der Waals surface area contributed by atoms with Gasteiger partial charge in [0.25, 0.3) is 0 Å². The van der Waals surface area contributed by atoms with Crippen molar-refractivity contribution in [3.8, 4) is 11.3 Å². The molecule has 0 atom stereocenters. The number of halogens is 1. The number of nitrogens with zero attached hydrogens (tertiary/aromatic N) is 2. The number of aromatic nitrogens is 2. The van der Waals surface area contributed by atoms with Crippen LogP contribution in [0.2, 0.25) is 5.28 Å². The third kappa shape index (κ3) is 2.17. The van der Waals surface area contributed by atoms with Crippen LogP contribution in [0.15, 0.2) is 83.3 Å². The number of para-hydroxylation sites is 2.